The maximum Gasteiger partial charge on any atom is 0.398 e. The van der Waals surface area contributed by atoms with Crippen LogP contribution in [0.1, 0.15) is 18.4 Å². The highest BCUT2D eigenvalue weighted by Gasteiger charge is 2.41. The van der Waals surface area contributed by atoms with Gasteiger partial charge in [-0.25, -0.2) is 4.39 Å². The van der Waals surface area contributed by atoms with Crippen LogP contribution < -0.4 is 4.90 Å². The van der Waals surface area contributed by atoms with Crippen molar-refractivity contribution in [3.8, 4) is 0 Å². The first-order valence-corrected chi connectivity index (χ1v) is 8.93. The fraction of sp³-hybridized carbons (Fsp3) is 0.600. The Morgan fingerprint density at radius 3 is 2.16 bits per heavy atom. The lowest BCUT2D eigenvalue weighted by atomic mass is 9.96. The topological polar surface area (TPSA) is 3.24 Å². The van der Waals surface area contributed by atoms with E-state index in [4.69, 9.17) is 11.6 Å². The van der Waals surface area contributed by atoms with Gasteiger partial charge < -0.3 is 4.90 Å². The van der Waals surface area contributed by atoms with E-state index >= 15 is 0 Å². The molecule has 1 aromatic carbocycles. The molecule has 25 heavy (non-hydrogen) atoms. The standard InChI is InChI=1S/C15H15ClF7NS/c16-7-9-5-11(17)12(6-13(9)25-8-14(18,19)20)24-3-1-10(2-4-24)15(21,22)23/h5-6,10H,1-4,7-8H2. The van der Waals surface area contributed by atoms with Crippen molar-refractivity contribution in [2.24, 2.45) is 5.92 Å². The first kappa shape index (κ1) is 20.5. The number of nitrogens with zero attached hydrogens (tertiary/aromatic N) is 1. The second-order valence-electron chi connectivity index (χ2n) is 5.75. The fourth-order valence-corrected chi connectivity index (χ4v) is 3.80. The summed E-state index contributed by atoms with van der Waals surface area (Å²) in [5, 5.41) is 0. The van der Waals surface area contributed by atoms with E-state index < -0.39 is 29.8 Å². The van der Waals surface area contributed by atoms with Crippen LogP contribution in [0, 0.1) is 11.7 Å². The van der Waals surface area contributed by atoms with Crippen molar-refractivity contribution in [3.63, 3.8) is 0 Å². The fourth-order valence-electron chi connectivity index (χ4n) is 2.67. The molecule has 0 saturated carbocycles. The number of rotatable bonds is 4. The predicted molar refractivity (Wildman–Crippen MR) is 83.7 cm³/mol. The minimum atomic E-state index is -4.39. The van der Waals surface area contributed by atoms with E-state index in [0.717, 1.165) is 6.07 Å². The Kier molecular flexibility index (Phi) is 6.40. The Morgan fingerprint density at radius 1 is 1.08 bits per heavy atom. The Morgan fingerprint density at radius 2 is 1.68 bits per heavy atom. The smallest absolute Gasteiger partial charge is 0.369 e. The van der Waals surface area contributed by atoms with E-state index in [1.54, 1.807) is 0 Å². The average molecular weight is 410 g/mol. The number of alkyl halides is 7. The molecule has 0 aliphatic carbocycles. The summed E-state index contributed by atoms with van der Waals surface area (Å²) in [4.78, 5) is 1.62. The van der Waals surface area contributed by atoms with Crippen LogP contribution in [0.5, 0.6) is 0 Å². The number of hydrogen-bond donors (Lipinski definition) is 0. The zero-order valence-corrected chi connectivity index (χ0v) is 14.4. The second-order valence-corrected chi connectivity index (χ2v) is 7.04. The molecule has 142 valence electrons. The Balaban J connectivity index is 2.18. The first-order chi connectivity index (χ1) is 11.5. The van der Waals surface area contributed by atoms with E-state index in [1.807, 2.05) is 0 Å². The Hall–Kier alpha value is -0.830. The van der Waals surface area contributed by atoms with Gasteiger partial charge in [0.15, 0.2) is 0 Å². The van der Waals surface area contributed by atoms with Crippen LogP contribution in [0.15, 0.2) is 17.0 Å². The molecule has 1 aliphatic heterocycles. The van der Waals surface area contributed by atoms with Crippen molar-refractivity contribution in [3.05, 3.63) is 23.5 Å². The molecule has 2 rings (SSSR count). The van der Waals surface area contributed by atoms with Gasteiger partial charge in [0.25, 0.3) is 0 Å². The lowest BCUT2D eigenvalue weighted by Crippen LogP contribution is -2.39. The van der Waals surface area contributed by atoms with Gasteiger partial charge >= 0.3 is 12.4 Å². The van der Waals surface area contributed by atoms with Crippen LogP contribution in [-0.2, 0) is 5.88 Å². The van der Waals surface area contributed by atoms with Gasteiger partial charge in [0.2, 0.25) is 0 Å². The molecule has 1 saturated heterocycles. The minimum absolute atomic E-state index is 0.00923. The van der Waals surface area contributed by atoms with Crippen molar-refractivity contribution in [1.82, 2.24) is 0 Å². The molecule has 1 aromatic rings. The van der Waals surface area contributed by atoms with E-state index in [9.17, 15) is 30.7 Å². The van der Waals surface area contributed by atoms with E-state index in [0.29, 0.717) is 11.8 Å². The van der Waals surface area contributed by atoms with E-state index in [-0.39, 0.29) is 48.0 Å². The number of anilines is 1. The van der Waals surface area contributed by atoms with Gasteiger partial charge in [-0.1, -0.05) is 0 Å². The number of halogens is 8. The van der Waals surface area contributed by atoms with Crippen LogP contribution >= 0.6 is 23.4 Å². The lowest BCUT2D eigenvalue weighted by molar-refractivity contribution is -0.179. The van der Waals surface area contributed by atoms with Gasteiger partial charge in [0.1, 0.15) is 5.82 Å². The molecule has 0 atom stereocenters. The molecule has 0 amide bonds. The zero-order chi connectivity index (χ0) is 18.8. The molecule has 1 aliphatic rings. The zero-order valence-electron chi connectivity index (χ0n) is 12.9. The lowest BCUT2D eigenvalue weighted by Gasteiger charge is -2.34. The molecule has 10 heteroatoms. The molecule has 0 radical (unpaired) electrons. The molecule has 1 nitrogen and oxygen atoms in total. The number of hydrogen-bond acceptors (Lipinski definition) is 2. The van der Waals surface area contributed by atoms with Gasteiger partial charge in [0.05, 0.1) is 17.4 Å². The van der Waals surface area contributed by atoms with Crippen LogP contribution in [0.25, 0.3) is 0 Å². The van der Waals surface area contributed by atoms with Crippen LogP contribution in [0.3, 0.4) is 0 Å². The molecule has 1 heterocycles. The monoisotopic (exact) mass is 409 g/mol. The molecule has 0 unspecified atom stereocenters. The quantitative estimate of drug-likeness (QED) is 0.341. The van der Waals surface area contributed by atoms with Gasteiger partial charge in [-0.2, -0.15) is 26.3 Å². The van der Waals surface area contributed by atoms with Gasteiger partial charge in [-0.3, -0.25) is 0 Å². The molecule has 0 aromatic heterocycles. The van der Waals surface area contributed by atoms with Crippen molar-refractivity contribution in [2.45, 2.75) is 36.0 Å². The Bertz CT molecular complexity index is 595. The third kappa shape index (κ3) is 5.57. The summed E-state index contributed by atoms with van der Waals surface area (Å²) < 4.78 is 89.6. The summed E-state index contributed by atoms with van der Waals surface area (Å²) in [5.41, 5.74) is 0.238. The van der Waals surface area contributed by atoms with Crippen LogP contribution in [0.4, 0.5) is 36.4 Å². The van der Waals surface area contributed by atoms with Crippen LogP contribution in [0.2, 0.25) is 0 Å². The number of benzene rings is 1. The first-order valence-electron chi connectivity index (χ1n) is 7.41. The highest BCUT2D eigenvalue weighted by Crippen LogP contribution is 2.38. The van der Waals surface area contributed by atoms with Gasteiger partial charge in [-0.05, 0) is 30.5 Å². The summed E-state index contributed by atoms with van der Waals surface area (Å²) in [5.74, 6) is -3.45. The average Bonchev–Trinajstić information content (AvgIpc) is 2.51. The van der Waals surface area contributed by atoms with Crippen LogP contribution in [-0.4, -0.2) is 31.2 Å². The molecule has 0 bridgehead atoms. The number of thioether (sulfide) groups is 1. The third-order valence-corrected chi connectivity index (χ3v) is 5.41. The summed E-state index contributed by atoms with van der Waals surface area (Å²) in [7, 11) is 0. The highest BCUT2D eigenvalue weighted by atomic mass is 35.5. The minimum Gasteiger partial charge on any atom is -0.369 e. The van der Waals surface area contributed by atoms with E-state index in [1.165, 1.54) is 11.0 Å². The summed E-state index contributed by atoms with van der Waals surface area (Å²) in [6.07, 6.45) is -9.04. The van der Waals surface area contributed by atoms with Crippen molar-refractivity contribution >= 4 is 29.1 Å². The maximum atomic E-state index is 14.3. The number of piperidine rings is 1. The Labute approximate surface area is 149 Å². The molecular formula is C15H15ClF7NS. The van der Waals surface area contributed by atoms with Crippen molar-refractivity contribution in [1.29, 1.82) is 0 Å². The van der Waals surface area contributed by atoms with E-state index in [2.05, 4.69) is 0 Å². The normalized spacial score (nSPS) is 17.2. The maximum absolute atomic E-state index is 14.3. The third-order valence-electron chi connectivity index (χ3n) is 3.96. The highest BCUT2D eigenvalue weighted by molar-refractivity contribution is 7.99. The molecular weight excluding hydrogens is 395 g/mol. The summed E-state index contributed by atoms with van der Waals surface area (Å²) in [6, 6.07) is 2.30. The van der Waals surface area contributed by atoms with Gasteiger partial charge in [-0.15, -0.1) is 23.4 Å². The molecule has 0 N–H and O–H groups in total. The SMILES string of the molecule is Fc1cc(CCl)c(SCC(F)(F)F)cc1N1CCC(C(F)(F)F)CC1. The van der Waals surface area contributed by atoms with Gasteiger partial charge in [0, 0.05) is 23.9 Å². The summed E-state index contributed by atoms with van der Waals surface area (Å²) >= 11 is 6.15. The predicted octanol–water partition coefficient (Wildman–Crippen LogP) is 6.00. The second kappa shape index (κ2) is 7.82. The largest absolute Gasteiger partial charge is 0.398 e. The molecule has 1 fully saturated rings. The van der Waals surface area contributed by atoms with Crippen molar-refractivity contribution in [2.75, 3.05) is 23.7 Å². The summed E-state index contributed by atoms with van der Waals surface area (Å²) in [6.45, 7) is -0.0185. The molecule has 0 spiro atoms. The van der Waals surface area contributed by atoms with Crippen molar-refractivity contribution < 1.29 is 30.7 Å².